The van der Waals surface area contributed by atoms with Crippen molar-refractivity contribution >= 4 is 42.1 Å². The zero-order valence-electron chi connectivity index (χ0n) is 15.8. The van der Waals surface area contributed by atoms with E-state index in [9.17, 15) is 4.79 Å². The highest BCUT2D eigenvalue weighted by molar-refractivity contribution is 7.09. The molecule has 1 fully saturated rings. The molecule has 1 aliphatic rings. The molecule has 0 aromatic carbocycles. The number of carbonyl (C=O) groups is 1. The molecular formula is C17H31Cl2N3O2S. The normalized spacial score (nSPS) is 24.5. The fourth-order valence-corrected chi connectivity index (χ4v) is 3.83. The first-order valence-electron chi connectivity index (χ1n) is 8.16. The van der Waals surface area contributed by atoms with Gasteiger partial charge in [0.25, 0.3) is 0 Å². The van der Waals surface area contributed by atoms with Crippen molar-refractivity contribution in [3.63, 3.8) is 0 Å². The lowest BCUT2D eigenvalue weighted by Crippen LogP contribution is -2.75. The first-order valence-corrected chi connectivity index (χ1v) is 9.04. The molecule has 1 heterocycles. The molecule has 8 heteroatoms. The Hall–Kier alpha value is -0.400. The van der Waals surface area contributed by atoms with Gasteiger partial charge in [-0.2, -0.15) is 0 Å². The van der Waals surface area contributed by atoms with Crippen LogP contribution in [0.25, 0.3) is 0 Å². The topological polar surface area (TPSA) is 77.2 Å². The highest BCUT2D eigenvalue weighted by Crippen LogP contribution is 2.49. The van der Waals surface area contributed by atoms with Gasteiger partial charge in [0.1, 0.15) is 10.5 Å². The second-order valence-corrected chi connectivity index (χ2v) is 8.84. The van der Waals surface area contributed by atoms with Crippen molar-refractivity contribution in [1.29, 1.82) is 0 Å². The molecular weight excluding hydrogens is 381 g/mol. The minimum atomic E-state index is -0.878. The molecule has 2 rings (SSSR count). The number of nitrogens with two attached hydrogens (primary N) is 1. The van der Waals surface area contributed by atoms with Crippen molar-refractivity contribution in [2.45, 2.75) is 71.6 Å². The van der Waals surface area contributed by atoms with Gasteiger partial charge >= 0.3 is 0 Å². The number of amides is 1. The smallest absolute Gasteiger partial charge is 0.241 e. The van der Waals surface area contributed by atoms with Gasteiger partial charge in [-0.3, -0.25) is 4.79 Å². The molecule has 0 aliphatic heterocycles. The largest absolute Gasteiger partial charge is 0.378 e. The van der Waals surface area contributed by atoms with Gasteiger partial charge < -0.3 is 15.8 Å². The third-order valence-corrected chi connectivity index (χ3v) is 5.80. The Bertz CT molecular complexity index is 587. The number of halogens is 2. The molecule has 146 valence electrons. The fourth-order valence-electron chi connectivity index (χ4n) is 2.87. The molecule has 1 saturated carbocycles. The van der Waals surface area contributed by atoms with Crippen LogP contribution in [-0.4, -0.2) is 29.1 Å². The van der Waals surface area contributed by atoms with Crippen LogP contribution in [0.15, 0.2) is 5.38 Å². The van der Waals surface area contributed by atoms with Crippen LogP contribution in [-0.2, 0) is 21.5 Å². The van der Waals surface area contributed by atoms with E-state index in [2.05, 4.69) is 36.5 Å². The number of ether oxygens (including phenoxy) is 1. The van der Waals surface area contributed by atoms with Crippen LogP contribution in [0.3, 0.4) is 0 Å². The monoisotopic (exact) mass is 411 g/mol. The molecule has 0 saturated heterocycles. The van der Waals surface area contributed by atoms with Crippen molar-refractivity contribution < 1.29 is 9.53 Å². The number of hydrogen-bond donors (Lipinski definition) is 2. The number of thiazole rings is 1. The Balaban J connectivity index is 0.00000288. The summed E-state index contributed by atoms with van der Waals surface area (Å²) in [7, 11) is 0. The first-order chi connectivity index (χ1) is 10.5. The van der Waals surface area contributed by atoms with E-state index in [-0.39, 0.29) is 47.7 Å². The van der Waals surface area contributed by atoms with Gasteiger partial charge in [0.05, 0.1) is 18.3 Å². The zero-order valence-corrected chi connectivity index (χ0v) is 18.3. The third kappa shape index (κ3) is 4.66. The molecule has 1 amide bonds. The van der Waals surface area contributed by atoms with E-state index in [1.807, 2.05) is 20.8 Å². The van der Waals surface area contributed by atoms with E-state index in [4.69, 9.17) is 10.5 Å². The Morgan fingerprint density at radius 3 is 2.48 bits per heavy atom. The lowest BCUT2D eigenvalue weighted by atomic mass is 9.54. The first kappa shape index (κ1) is 24.6. The van der Waals surface area contributed by atoms with Crippen molar-refractivity contribution in [2.75, 3.05) is 6.61 Å². The molecule has 1 aliphatic carbocycles. The number of hydrogen-bond acceptors (Lipinski definition) is 5. The van der Waals surface area contributed by atoms with Gasteiger partial charge in [-0.25, -0.2) is 4.98 Å². The van der Waals surface area contributed by atoms with Crippen LogP contribution in [0.5, 0.6) is 0 Å². The number of aromatic nitrogens is 1. The summed E-state index contributed by atoms with van der Waals surface area (Å²) in [6.45, 7) is 13.4. The summed E-state index contributed by atoms with van der Waals surface area (Å²) < 4.78 is 5.67. The summed E-state index contributed by atoms with van der Waals surface area (Å²) in [4.78, 5) is 17.2. The maximum atomic E-state index is 12.6. The van der Waals surface area contributed by atoms with Gasteiger partial charge in [0.2, 0.25) is 5.91 Å². The number of nitrogens with one attached hydrogen (secondary N) is 1. The van der Waals surface area contributed by atoms with Gasteiger partial charge in [-0.05, 0) is 6.92 Å². The van der Waals surface area contributed by atoms with Crippen molar-refractivity contribution in [3.8, 4) is 0 Å². The van der Waals surface area contributed by atoms with Gasteiger partial charge in [-0.1, -0.05) is 34.6 Å². The Morgan fingerprint density at radius 1 is 1.44 bits per heavy atom. The molecule has 1 aromatic rings. The summed E-state index contributed by atoms with van der Waals surface area (Å²) in [6, 6.07) is 0. The molecule has 25 heavy (non-hydrogen) atoms. The quantitative estimate of drug-likeness (QED) is 0.777. The molecule has 1 aromatic heterocycles. The standard InChI is InChI=1S/C17H29N3O2S.2ClH/c1-7-22-12-8-17(18,16(12,5)6)14(21)19-9-13-20-11(10-23-13)15(2,3)4;;/h10,12H,7-9,18H2,1-6H3,(H,19,21);2*1H. The highest BCUT2D eigenvalue weighted by Gasteiger charge is 2.62. The van der Waals surface area contributed by atoms with E-state index in [0.717, 1.165) is 10.7 Å². The Morgan fingerprint density at radius 2 is 2.04 bits per heavy atom. The second kappa shape index (κ2) is 8.53. The van der Waals surface area contributed by atoms with Gasteiger partial charge in [0, 0.05) is 29.2 Å². The summed E-state index contributed by atoms with van der Waals surface area (Å²) in [6.07, 6.45) is 0.598. The lowest BCUT2D eigenvalue weighted by molar-refractivity contribution is -0.170. The van der Waals surface area contributed by atoms with Crippen molar-refractivity contribution in [1.82, 2.24) is 10.3 Å². The van der Waals surface area contributed by atoms with Crippen molar-refractivity contribution in [3.05, 3.63) is 16.1 Å². The number of carbonyl (C=O) groups excluding carboxylic acids is 1. The van der Waals surface area contributed by atoms with Gasteiger partial charge in [0.15, 0.2) is 0 Å². The van der Waals surface area contributed by atoms with E-state index >= 15 is 0 Å². The lowest BCUT2D eigenvalue weighted by Gasteiger charge is -2.57. The molecule has 0 radical (unpaired) electrons. The third-order valence-electron chi connectivity index (χ3n) is 4.96. The minimum absolute atomic E-state index is 0. The van der Waals surface area contributed by atoms with Gasteiger partial charge in [-0.15, -0.1) is 36.2 Å². The number of nitrogens with zero attached hydrogens (tertiary/aromatic N) is 1. The average molecular weight is 412 g/mol. The molecule has 2 unspecified atom stereocenters. The number of rotatable bonds is 5. The van der Waals surface area contributed by atoms with E-state index in [1.165, 1.54) is 0 Å². The Kier molecular flexibility index (Phi) is 8.39. The van der Waals surface area contributed by atoms with Crippen LogP contribution >= 0.6 is 36.2 Å². The molecule has 3 N–H and O–H groups in total. The van der Waals surface area contributed by atoms with Crippen LogP contribution in [0, 0.1) is 5.41 Å². The van der Waals surface area contributed by atoms with E-state index in [1.54, 1.807) is 11.3 Å². The highest BCUT2D eigenvalue weighted by atomic mass is 35.5. The molecule has 0 bridgehead atoms. The predicted octanol–water partition coefficient (Wildman–Crippen LogP) is 3.43. The molecule has 0 spiro atoms. The Labute approximate surface area is 167 Å². The van der Waals surface area contributed by atoms with E-state index < -0.39 is 5.54 Å². The SMILES string of the molecule is CCOC1CC(N)(C(=O)NCc2nc(C(C)(C)C)cs2)C1(C)C.Cl.Cl. The maximum Gasteiger partial charge on any atom is 0.241 e. The predicted molar refractivity (Wildman–Crippen MR) is 108 cm³/mol. The van der Waals surface area contributed by atoms with Crippen molar-refractivity contribution in [2.24, 2.45) is 11.1 Å². The summed E-state index contributed by atoms with van der Waals surface area (Å²) >= 11 is 1.57. The maximum absolute atomic E-state index is 12.6. The molecule has 5 nitrogen and oxygen atoms in total. The summed E-state index contributed by atoms with van der Waals surface area (Å²) in [5.74, 6) is -0.119. The van der Waals surface area contributed by atoms with Crippen LogP contribution < -0.4 is 11.1 Å². The van der Waals surface area contributed by atoms with Crippen LogP contribution in [0.4, 0.5) is 0 Å². The van der Waals surface area contributed by atoms with E-state index in [0.29, 0.717) is 19.6 Å². The zero-order chi connectivity index (χ0) is 17.5. The average Bonchev–Trinajstić information content (AvgIpc) is 2.93. The van der Waals surface area contributed by atoms with Crippen LogP contribution in [0.2, 0.25) is 0 Å². The summed E-state index contributed by atoms with van der Waals surface area (Å²) in [5.41, 5.74) is 6.20. The fraction of sp³-hybridized carbons (Fsp3) is 0.765. The summed E-state index contributed by atoms with van der Waals surface area (Å²) in [5, 5.41) is 5.91. The minimum Gasteiger partial charge on any atom is -0.378 e. The van der Waals surface area contributed by atoms with Crippen LogP contribution in [0.1, 0.15) is 58.7 Å². The molecule has 2 atom stereocenters. The second-order valence-electron chi connectivity index (χ2n) is 7.90.